The summed E-state index contributed by atoms with van der Waals surface area (Å²) in [7, 11) is 0. The minimum Gasteiger partial charge on any atom is -0.390 e. The number of hydrogen-bond donors (Lipinski definition) is 1. The van der Waals surface area contributed by atoms with Crippen LogP contribution in [0.15, 0.2) is 42.7 Å². The van der Waals surface area contributed by atoms with Gasteiger partial charge >= 0.3 is 0 Å². The van der Waals surface area contributed by atoms with Crippen molar-refractivity contribution in [3.05, 3.63) is 70.3 Å². The number of aliphatic hydroxyl groups is 1. The van der Waals surface area contributed by atoms with Crippen molar-refractivity contribution < 1.29 is 5.11 Å². The summed E-state index contributed by atoms with van der Waals surface area (Å²) in [6.45, 7) is 3.68. The Hall–Kier alpha value is -2.50. The van der Waals surface area contributed by atoms with E-state index in [1.807, 2.05) is 13.0 Å². The maximum absolute atomic E-state index is 10.0. The predicted molar refractivity (Wildman–Crippen MR) is 119 cm³/mol. The Morgan fingerprint density at radius 1 is 1.07 bits per heavy atom. The molecule has 2 aromatic heterocycles. The Morgan fingerprint density at radius 3 is 2.40 bits per heavy atom. The van der Waals surface area contributed by atoms with E-state index in [1.54, 1.807) is 12.4 Å². The van der Waals surface area contributed by atoms with Crippen LogP contribution in [0.1, 0.15) is 35.4 Å². The van der Waals surface area contributed by atoms with Crippen LogP contribution in [-0.2, 0) is 19.4 Å². The predicted octanol–water partition coefficient (Wildman–Crippen LogP) is 4.38. The lowest BCUT2D eigenvalue weighted by Crippen LogP contribution is -2.41. The van der Waals surface area contributed by atoms with Crippen LogP contribution in [0.25, 0.3) is 11.3 Å². The van der Waals surface area contributed by atoms with Gasteiger partial charge in [0.2, 0.25) is 0 Å². The largest absolute Gasteiger partial charge is 0.390 e. The molecule has 154 valence electrons. The molecule has 1 aliphatic heterocycles. The average molecular weight is 421 g/mol. The lowest BCUT2D eigenvalue weighted by Gasteiger charge is -2.40. The fraction of sp³-hybridized carbons (Fsp3) is 0.375. The summed E-state index contributed by atoms with van der Waals surface area (Å²) in [4.78, 5) is 16.1. The number of pyridine rings is 1. The van der Waals surface area contributed by atoms with E-state index in [2.05, 4.69) is 34.1 Å². The fourth-order valence-electron chi connectivity index (χ4n) is 5.04. The van der Waals surface area contributed by atoms with Crippen molar-refractivity contribution in [2.24, 2.45) is 5.41 Å². The van der Waals surface area contributed by atoms with Gasteiger partial charge in [-0.15, -0.1) is 0 Å². The van der Waals surface area contributed by atoms with Gasteiger partial charge in [0.1, 0.15) is 5.69 Å². The SMILES string of the molecule is Cc1nc(N2CCC3(CC2)Cc2ccccc2C3)c(CO)nc1-c1cncc(Cl)c1. The molecule has 5 nitrogen and oxygen atoms in total. The molecule has 1 fully saturated rings. The summed E-state index contributed by atoms with van der Waals surface area (Å²) in [6, 6.07) is 10.7. The van der Waals surface area contributed by atoms with Crippen molar-refractivity contribution in [3.63, 3.8) is 0 Å². The fourth-order valence-corrected chi connectivity index (χ4v) is 5.21. The first-order valence-electron chi connectivity index (χ1n) is 10.5. The molecule has 1 spiro atoms. The molecule has 1 N–H and O–H groups in total. The van der Waals surface area contributed by atoms with Crippen molar-refractivity contribution >= 4 is 17.4 Å². The Morgan fingerprint density at radius 2 is 1.77 bits per heavy atom. The van der Waals surface area contributed by atoms with Crippen LogP contribution in [0.4, 0.5) is 5.82 Å². The monoisotopic (exact) mass is 420 g/mol. The van der Waals surface area contributed by atoms with Crippen LogP contribution in [-0.4, -0.2) is 33.1 Å². The second kappa shape index (κ2) is 7.64. The average Bonchev–Trinajstić information content (AvgIpc) is 3.11. The number of fused-ring (bicyclic) bond motifs is 1. The molecule has 1 aliphatic carbocycles. The molecule has 0 amide bonds. The zero-order chi connectivity index (χ0) is 20.7. The summed E-state index contributed by atoms with van der Waals surface area (Å²) < 4.78 is 0. The Labute approximate surface area is 181 Å². The van der Waals surface area contributed by atoms with Crippen LogP contribution in [0.2, 0.25) is 5.02 Å². The van der Waals surface area contributed by atoms with Crippen LogP contribution in [0.5, 0.6) is 0 Å². The highest BCUT2D eigenvalue weighted by Gasteiger charge is 2.40. The van der Waals surface area contributed by atoms with Gasteiger partial charge in [0.15, 0.2) is 5.82 Å². The van der Waals surface area contributed by atoms with Crippen molar-refractivity contribution in [1.82, 2.24) is 15.0 Å². The molecule has 3 aromatic rings. The van der Waals surface area contributed by atoms with Crippen LogP contribution in [0, 0.1) is 12.3 Å². The maximum Gasteiger partial charge on any atom is 0.153 e. The number of aliphatic hydroxyl groups excluding tert-OH is 1. The van der Waals surface area contributed by atoms with E-state index >= 15 is 0 Å². The summed E-state index contributed by atoms with van der Waals surface area (Å²) in [5.74, 6) is 0.805. The molecule has 0 radical (unpaired) electrons. The molecular formula is C24H25ClN4O. The Balaban J connectivity index is 1.39. The number of rotatable bonds is 3. The molecule has 6 heteroatoms. The summed E-state index contributed by atoms with van der Waals surface area (Å²) in [5.41, 5.74) is 6.36. The number of anilines is 1. The third-order valence-electron chi connectivity index (χ3n) is 6.62. The van der Waals surface area contributed by atoms with Gasteiger partial charge in [0.25, 0.3) is 0 Å². The first-order valence-corrected chi connectivity index (χ1v) is 10.9. The molecule has 3 heterocycles. The first-order chi connectivity index (χ1) is 14.6. The lowest BCUT2D eigenvalue weighted by molar-refractivity contribution is 0.231. The van der Waals surface area contributed by atoms with Crippen molar-refractivity contribution in [3.8, 4) is 11.3 Å². The summed E-state index contributed by atoms with van der Waals surface area (Å²) in [5, 5.41) is 10.6. The van der Waals surface area contributed by atoms with E-state index in [1.165, 1.54) is 24.0 Å². The molecule has 1 saturated heterocycles. The number of aryl methyl sites for hydroxylation is 1. The van der Waals surface area contributed by atoms with Gasteiger partial charge in [-0.3, -0.25) is 4.98 Å². The van der Waals surface area contributed by atoms with Gasteiger partial charge in [0, 0.05) is 31.0 Å². The van der Waals surface area contributed by atoms with Gasteiger partial charge in [-0.2, -0.15) is 0 Å². The zero-order valence-corrected chi connectivity index (χ0v) is 17.9. The molecule has 30 heavy (non-hydrogen) atoms. The van der Waals surface area contributed by atoms with Crippen LogP contribution in [0.3, 0.4) is 0 Å². The van der Waals surface area contributed by atoms with Gasteiger partial charge in [0.05, 0.1) is 23.0 Å². The lowest BCUT2D eigenvalue weighted by atomic mass is 9.76. The molecule has 0 bridgehead atoms. The van der Waals surface area contributed by atoms with E-state index in [0.29, 0.717) is 16.1 Å². The molecule has 5 rings (SSSR count). The van der Waals surface area contributed by atoms with Crippen LogP contribution < -0.4 is 4.90 Å². The van der Waals surface area contributed by atoms with Gasteiger partial charge in [-0.1, -0.05) is 35.9 Å². The molecule has 0 unspecified atom stereocenters. The number of nitrogens with zero attached hydrogens (tertiary/aromatic N) is 4. The number of aromatic nitrogens is 3. The molecule has 2 aliphatic rings. The minimum absolute atomic E-state index is 0.142. The van der Waals surface area contributed by atoms with E-state index in [-0.39, 0.29) is 6.61 Å². The van der Waals surface area contributed by atoms with Gasteiger partial charge < -0.3 is 10.0 Å². The highest BCUT2D eigenvalue weighted by molar-refractivity contribution is 6.30. The number of benzene rings is 1. The van der Waals surface area contributed by atoms with Crippen LogP contribution >= 0.6 is 11.6 Å². The standard InChI is InChI=1S/C24H25ClN4O/c1-16-22(19-10-20(25)14-26-13-19)28-21(15-30)23(27-16)29-8-6-24(7-9-29)11-17-4-2-3-5-18(17)12-24/h2-5,10,13-14,30H,6-9,11-12,15H2,1H3. The van der Waals surface area contributed by atoms with Crippen molar-refractivity contribution in [2.45, 2.75) is 39.2 Å². The molecule has 0 saturated carbocycles. The van der Waals surface area contributed by atoms with E-state index in [9.17, 15) is 5.11 Å². The molecular weight excluding hydrogens is 396 g/mol. The van der Waals surface area contributed by atoms with E-state index in [4.69, 9.17) is 21.6 Å². The second-order valence-electron chi connectivity index (χ2n) is 8.59. The normalized spacial score (nSPS) is 17.4. The third kappa shape index (κ3) is 3.46. The minimum atomic E-state index is -0.142. The Kier molecular flexibility index (Phi) is 4.95. The van der Waals surface area contributed by atoms with Gasteiger partial charge in [-0.05, 0) is 55.2 Å². The number of halogens is 1. The van der Waals surface area contributed by atoms with Crippen molar-refractivity contribution in [2.75, 3.05) is 18.0 Å². The van der Waals surface area contributed by atoms with E-state index in [0.717, 1.165) is 48.7 Å². The summed E-state index contributed by atoms with van der Waals surface area (Å²) in [6.07, 6.45) is 7.94. The Bertz CT molecular complexity index is 1070. The summed E-state index contributed by atoms with van der Waals surface area (Å²) >= 11 is 6.10. The topological polar surface area (TPSA) is 62.1 Å². The van der Waals surface area contributed by atoms with E-state index < -0.39 is 0 Å². The first kappa shape index (κ1) is 19.5. The third-order valence-corrected chi connectivity index (χ3v) is 6.83. The van der Waals surface area contributed by atoms with Gasteiger partial charge in [-0.25, -0.2) is 9.97 Å². The second-order valence-corrected chi connectivity index (χ2v) is 9.02. The molecule has 0 atom stereocenters. The number of piperidine rings is 1. The van der Waals surface area contributed by atoms with Crippen molar-refractivity contribution in [1.29, 1.82) is 0 Å². The highest BCUT2D eigenvalue weighted by atomic mass is 35.5. The highest BCUT2D eigenvalue weighted by Crippen LogP contribution is 2.45. The quantitative estimate of drug-likeness (QED) is 0.681. The molecule has 1 aromatic carbocycles. The smallest absolute Gasteiger partial charge is 0.153 e. The maximum atomic E-state index is 10.0. The number of hydrogen-bond acceptors (Lipinski definition) is 5. The zero-order valence-electron chi connectivity index (χ0n) is 17.1.